The van der Waals surface area contributed by atoms with Gasteiger partial charge in [0.2, 0.25) is 5.91 Å². The van der Waals surface area contributed by atoms with Crippen LogP contribution in [0.3, 0.4) is 0 Å². The topological polar surface area (TPSA) is 81.1 Å². The molecule has 1 fully saturated rings. The van der Waals surface area contributed by atoms with Gasteiger partial charge in [-0.15, -0.1) is 24.8 Å². The first-order valence-corrected chi connectivity index (χ1v) is 8.92. The van der Waals surface area contributed by atoms with Gasteiger partial charge in [-0.1, -0.05) is 49.6 Å². The highest BCUT2D eigenvalue weighted by Gasteiger charge is 2.41. The van der Waals surface area contributed by atoms with Crippen LogP contribution in [0.15, 0.2) is 30.3 Å². The van der Waals surface area contributed by atoms with Crippen LogP contribution in [0.2, 0.25) is 0 Å². The average molecular weight is 390 g/mol. The minimum absolute atomic E-state index is 0. The summed E-state index contributed by atoms with van der Waals surface area (Å²) in [6.07, 6.45) is 7.22. The van der Waals surface area contributed by atoms with Gasteiger partial charge in [-0.25, -0.2) is 0 Å². The first-order chi connectivity index (χ1) is 11.1. The minimum Gasteiger partial charge on any atom is -0.351 e. The summed E-state index contributed by atoms with van der Waals surface area (Å²) in [6.45, 7) is 2.78. The van der Waals surface area contributed by atoms with E-state index in [9.17, 15) is 4.79 Å². The Morgan fingerprint density at radius 2 is 1.76 bits per heavy atom. The van der Waals surface area contributed by atoms with Crippen LogP contribution in [0.5, 0.6) is 0 Å². The number of carbonyl (C=O) groups is 1. The molecule has 1 aromatic carbocycles. The maximum Gasteiger partial charge on any atom is 0.237 e. The summed E-state index contributed by atoms with van der Waals surface area (Å²) in [5, 5.41) is 3.19. The van der Waals surface area contributed by atoms with Crippen molar-refractivity contribution < 1.29 is 4.79 Å². The number of unbranched alkanes of at least 4 members (excludes halogenated alkanes) is 1. The lowest BCUT2D eigenvalue weighted by Crippen LogP contribution is -2.52. The van der Waals surface area contributed by atoms with E-state index in [1.54, 1.807) is 0 Å². The molecule has 0 heterocycles. The Labute approximate surface area is 164 Å². The molecule has 5 N–H and O–H groups in total. The van der Waals surface area contributed by atoms with Crippen molar-refractivity contribution in [3.05, 3.63) is 35.9 Å². The highest BCUT2D eigenvalue weighted by Crippen LogP contribution is 2.43. The molecule has 0 bridgehead atoms. The van der Waals surface area contributed by atoms with Crippen LogP contribution in [-0.4, -0.2) is 24.5 Å². The number of halogens is 2. The van der Waals surface area contributed by atoms with E-state index >= 15 is 0 Å². The number of carbonyl (C=O) groups excluding carboxylic acids is 1. The lowest BCUT2D eigenvalue weighted by Gasteiger charge is -2.37. The number of amides is 1. The summed E-state index contributed by atoms with van der Waals surface area (Å²) >= 11 is 0. The van der Waals surface area contributed by atoms with Gasteiger partial charge < -0.3 is 16.8 Å². The van der Waals surface area contributed by atoms with E-state index in [2.05, 4.69) is 36.5 Å². The highest BCUT2D eigenvalue weighted by atomic mass is 35.5. The van der Waals surface area contributed by atoms with Gasteiger partial charge in [-0.3, -0.25) is 4.79 Å². The van der Waals surface area contributed by atoms with E-state index in [1.807, 2.05) is 6.07 Å². The van der Waals surface area contributed by atoms with Crippen molar-refractivity contribution in [3.63, 3.8) is 0 Å². The fraction of sp³-hybridized carbons (Fsp3) is 0.632. The van der Waals surface area contributed by atoms with Crippen LogP contribution in [0.4, 0.5) is 0 Å². The van der Waals surface area contributed by atoms with E-state index in [0.717, 1.165) is 25.7 Å². The molecule has 1 aromatic rings. The maximum atomic E-state index is 12.4. The van der Waals surface area contributed by atoms with Gasteiger partial charge in [-0.05, 0) is 44.7 Å². The summed E-state index contributed by atoms with van der Waals surface area (Å²) in [4.78, 5) is 12.4. The largest absolute Gasteiger partial charge is 0.351 e. The molecule has 1 amide bonds. The average Bonchev–Trinajstić information content (AvgIpc) is 3.06. The second-order valence-corrected chi connectivity index (χ2v) is 6.85. The van der Waals surface area contributed by atoms with E-state index in [1.165, 1.54) is 18.4 Å². The van der Waals surface area contributed by atoms with Crippen molar-refractivity contribution in [2.75, 3.05) is 6.54 Å². The Hall–Kier alpha value is -0.810. The first-order valence-electron chi connectivity index (χ1n) is 8.92. The Bertz CT molecular complexity index is 493. The molecule has 1 aliphatic carbocycles. The van der Waals surface area contributed by atoms with Crippen LogP contribution < -0.4 is 16.8 Å². The molecule has 25 heavy (non-hydrogen) atoms. The van der Waals surface area contributed by atoms with Crippen LogP contribution in [0, 0.1) is 0 Å². The fourth-order valence-corrected chi connectivity index (χ4v) is 3.85. The molecular weight excluding hydrogens is 357 g/mol. The predicted molar refractivity (Wildman–Crippen MR) is 110 cm³/mol. The minimum atomic E-state index is -0.432. The van der Waals surface area contributed by atoms with Crippen molar-refractivity contribution >= 4 is 30.7 Å². The molecule has 4 nitrogen and oxygen atoms in total. The molecule has 2 atom stereocenters. The second-order valence-electron chi connectivity index (χ2n) is 6.85. The molecular formula is C19H33Cl2N3O. The summed E-state index contributed by atoms with van der Waals surface area (Å²) in [5.41, 5.74) is 12.9. The molecule has 144 valence electrons. The van der Waals surface area contributed by atoms with Gasteiger partial charge in [0.25, 0.3) is 0 Å². The van der Waals surface area contributed by atoms with Crippen molar-refractivity contribution in [2.45, 2.75) is 69.4 Å². The lowest BCUT2D eigenvalue weighted by atomic mass is 9.73. The van der Waals surface area contributed by atoms with E-state index in [-0.39, 0.29) is 42.2 Å². The lowest BCUT2D eigenvalue weighted by molar-refractivity contribution is -0.123. The molecule has 0 radical (unpaired) electrons. The highest BCUT2D eigenvalue weighted by molar-refractivity contribution is 5.85. The number of nitrogens with two attached hydrogens (primary N) is 2. The van der Waals surface area contributed by atoms with Crippen LogP contribution in [0.1, 0.15) is 57.4 Å². The zero-order valence-electron chi connectivity index (χ0n) is 15.1. The molecule has 1 aliphatic rings. The second kappa shape index (κ2) is 11.7. The first kappa shape index (κ1) is 24.2. The summed E-state index contributed by atoms with van der Waals surface area (Å²) < 4.78 is 0. The molecule has 0 aromatic heterocycles. The van der Waals surface area contributed by atoms with Crippen LogP contribution in [0.25, 0.3) is 0 Å². The molecule has 0 saturated heterocycles. The summed E-state index contributed by atoms with van der Waals surface area (Å²) in [5.74, 6) is -0.0308. The fourth-order valence-electron chi connectivity index (χ4n) is 3.85. The molecule has 1 saturated carbocycles. The van der Waals surface area contributed by atoms with Crippen LogP contribution in [-0.2, 0) is 10.2 Å². The standard InChI is InChI=1S/C19H31N3O.2ClH/c1-15(22-18(23)17(21)11-5-8-14-20)19(12-6-7-13-19)16-9-3-2-4-10-16;;/h2-4,9-10,15,17H,5-8,11-14,20-21H2,1H3,(H,22,23);2*1H/t15?,17-;;/m0../s1. The van der Waals surface area contributed by atoms with Gasteiger partial charge >= 0.3 is 0 Å². The van der Waals surface area contributed by atoms with E-state index in [0.29, 0.717) is 13.0 Å². The smallest absolute Gasteiger partial charge is 0.237 e. The molecule has 6 heteroatoms. The zero-order valence-corrected chi connectivity index (χ0v) is 16.7. The normalized spacial score (nSPS) is 17.7. The van der Waals surface area contributed by atoms with Crippen molar-refractivity contribution in [1.82, 2.24) is 5.32 Å². The third-order valence-corrected chi connectivity index (χ3v) is 5.34. The van der Waals surface area contributed by atoms with Crippen molar-refractivity contribution in [1.29, 1.82) is 0 Å². The Kier molecular flexibility index (Phi) is 11.4. The van der Waals surface area contributed by atoms with Gasteiger partial charge in [0, 0.05) is 11.5 Å². The molecule has 1 unspecified atom stereocenters. The summed E-state index contributed by atoms with van der Waals surface area (Å²) in [7, 11) is 0. The zero-order chi connectivity index (χ0) is 16.7. The van der Waals surface area contributed by atoms with Crippen LogP contribution >= 0.6 is 24.8 Å². The number of benzene rings is 1. The SMILES string of the molecule is CC(NC(=O)[C@@H](N)CCCCN)C1(c2ccccc2)CCCC1.Cl.Cl. The quantitative estimate of drug-likeness (QED) is 0.596. The summed E-state index contributed by atoms with van der Waals surface area (Å²) in [6, 6.07) is 10.3. The Balaban J connectivity index is 0.00000288. The number of rotatable bonds is 8. The molecule has 0 spiro atoms. The number of hydrogen-bond acceptors (Lipinski definition) is 3. The van der Waals surface area contributed by atoms with Gasteiger partial charge in [0.1, 0.15) is 0 Å². The molecule has 2 rings (SSSR count). The van der Waals surface area contributed by atoms with E-state index in [4.69, 9.17) is 11.5 Å². The number of nitrogens with one attached hydrogen (secondary N) is 1. The monoisotopic (exact) mass is 389 g/mol. The predicted octanol–water partition coefficient (Wildman–Crippen LogP) is 3.30. The van der Waals surface area contributed by atoms with Crippen molar-refractivity contribution in [2.24, 2.45) is 11.5 Å². The van der Waals surface area contributed by atoms with Gasteiger partial charge in [0.15, 0.2) is 0 Å². The molecule has 0 aliphatic heterocycles. The van der Waals surface area contributed by atoms with Gasteiger partial charge in [0.05, 0.1) is 6.04 Å². The van der Waals surface area contributed by atoms with Gasteiger partial charge in [-0.2, -0.15) is 0 Å². The van der Waals surface area contributed by atoms with E-state index < -0.39 is 6.04 Å². The van der Waals surface area contributed by atoms with Crippen molar-refractivity contribution in [3.8, 4) is 0 Å². The third kappa shape index (κ3) is 6.14. The number of hydrogen-bond donors (Lipinski definition) is 3. The Morgan fingerprint density at radius 1 is 1.16 bits per heavy atom. The Morgan fingerprint density at radius 3 is 2.32 bits per heavy atom. The third-order valence-electron chi connectivity index (χ3n) is 5.34. The maximum absolute atomic E-state index is 12.4.